The molecule has 1 N–H and O–H groups in total. The van der Waals surface area contributed by atoms with Crippen LogP contribution in [-0.4, -0.2) is 40.0 Å². The maximum Gasteiger partial charge on any atom is 0.161 e. The van der Waals surface area contributed by atoms with E-state index in [1.54, 1.807) is 7.11 Å². The predicted octanol–water partition coefficient (Wildman–Crippen LogP) is 2.48. The predicted molar refractivity (Wildman–Crippen MR) is 77.1 cm³/mol. The molecule has 0 aromatic heterocycles. The van der Waals surface area contributed by atoms with Crippen LogP contribution in [0, 0.1) is 0 Å². The second kappa shape index (κ2) is 10.6. The molecule has 0 atom stereocenters. The minimum atomic E-state index is 0.635. The van der Waals surface area contributed by atoms with Crippen molar-refractivity contribution in [1.29, 1.82) is 0 Å². The zero-order valence-corrected chi connectivity index (χ0v) is 12.0. The van der Waals surface area contributed by atoms with Crippen LogP contribution in [0.25, 0.3) is 0 Å². The van der Waals surface area contributed by atoms with Gasteiger partial charge in [0.05, 0.1) is 7.11 Å². The highest BCUT2D eigenvalue weighted by Crippen LogP contribution is 2.25. The van der Waals surface area contributed by atoms with E-state index in [1.807, 2.05) is 24.3 Å². The Kier molecular flexibility index (Phi) is 8.85. The van der Waals surface area contributed by atoms with E-state index in [4.69, 9.17) is 14.2 Å². The van der Waals surface area contributed by atoms with Gasteiger partial charge < -0.3 is 19.5 Å². The summed E-state index contributed by atoms with van der Waals surface area (Å²) in [6, 6.07) is 7.68. The van der Waals surface area contributed by atoms with Gasteiger partial charge in [-0.25, -0.2) is 0 Å². The Morgan fingerprint density at radius 2 is 1.79 bits per heavy atom. The Hall–Kier alpha value is -1.26. The second-order valence-electron chi connectivity index (χ2n) is 4.22. The van der Waals surface area contributed by atoms with E-state index in [9.17, 15) is 0 Å². The lowest BCUT2D eigenvalue weighted by atomic mass is 10.3. The van der Waals surface area contributed by atoms with Gasteiger partial charge in [0, 0.05) is 19.8 Å². The van der Waals surface area contributed by atoms with Crippen LogP contribution in [0.4, 0.5) is 0 Å². The summed E-state index contributed by atoms with van der Waals surface area (Å²) in [7, 11) is 1.65. The average Bonchev–Trinajstić information content (AvgIpc) is 2.46. The first-order valence-corrected chi connectivity index (χ1v) is 6.92. The number of para-hydroxylation sites is 2. The van der Waals surface area contributed by atoms with Gasteiger partial charge in [0.2, 0.25) is 0 Å². The van der Waals surface area contributed by atoms with Gasteiger partial charge in [0.25, 0.3) is 0 Å². The molecule has 0 radical (unpaired) electrons. The highest BCUT2D eigenvalue weighted by Gasteiger charge is 2.01. The van der Waals surface area contributed by atoms with Crippen molar-refractivity contribution in [1.82, 2.24) is 5.32 Å². The minimum absolute atomic E-state index is 0.635. The highest BCUT2D eigenvalue weighted by molar-refractivity contribution is 5.39. The molecule has 4 nitrogen and oxygen atoms in total. The molecule has 0 aliphatic carbocycles. The molecule has 0 amide bonds. The summed E-state index contributed by atoms with van der Waals surface area (Å²) in [6.07, 6.45) is 2.12. The van der Waals surface area contributed by atoms with Gasteiger partial charge in [-0.3, -0.25) is 0 Å². The molecule has 0 bridgehead atoms. The smallest absolute Gasteiger partial charge is 0.161 e. The first kappa shape index (κ1) is 15.8. The van der Waals surface area contributed by atoms with Gasteiger partial charge in [-0.05, 0) is 31.5 Å². The van der Waals surface area contributed by atoms with E-state index < -0.39 is 0 Å². The van der Waals surface area contributed by atoms with Gasteiger partial charge in [-0.2, -0.15) is 0 Å². The van der Waals surface area contributed by atoms with E-state index in [-0.39, 0.29) is 0 Å². The van der Waals surface area contributed by atoms with Gasteiger partial charge in [0.1, 0.15) is 6.61 Å². The van der Waals surface area contributed by atoms with Crippen LogP contribution in [-0.2, 0) is 4.74 Å². The van der Waals surface area contributed by atoms with E-state index in [0.717, 1.165) is 50.6 Å². The van der Waals surface area contributed by atoms with Crippen molar-refractivity contribution in [2.75, 3.05) is 40.0 Å². The van der Waals surface area contributed by atoms with Gasteiger partial charge in [0.15, 0.2) is 11.5 Å². The Morgan fingerprint density at radius 3 is 2.53 bits per heavy atom. The third-order valence-corrected chi connectivity index (χ3v) is 2.60. The number of ether oxygens (including phenoxy) is 3. The van der Waals surface area contributed by atoms with Crippen molar-refractivity contribution in [2.45, 2.75) is 19.8 Å². The Morgan fingerprint density at radius 1 is 1.00 bits per heavy atom. The van der Waals surface area contributed by atoms with Crippen LogP contribution >= 0.6 is 0 Å². The third-order valence-electron chi connectivity index (χ3n) is 2.60. The van der Waals surface area contributed by atoms with Crippen molar-refractivity contribution in [2.24, 2.45) is 0 Å². The van der Waals surface area contributed by atoms with Crippen molar-refractivity contribution < 1.29 is 14.2 Å². The molecule has 0 aliphatic heterocycles. The highest BCUT2D eigenvalue weighted by atomic mass is 16.5. The maximum absolute atomic E-state index is 5.65. The molecule has 0 spiro atoms. The van der Waals surface area contributed by atoms with Crippen LogP contribution in [0.2, 0.25) is 0 Å². The van der Waals surface area contributed by atoms with E-state index in [1.165, 1.54) is 0 Å². The van der Waals surface area contributed by atoms with Crippen molar-refractivity contribution in [3.05, 3.63) is 24.3 Å². The first-order chi connectivity index (χ1) is 9.38. The zero-order chi connectivity index (χ0) is 13.8. The fraction of sp³-hybridized carbons (Fsp3) is 0.600. The van der Waals surface area contributed by atoms with E-state index >= 15 is 0 Å². The number of benzene rings is 1. The summed E-state index contributed by atoms with van der Waals surface area (Å²) in [6.45, 7) is 6.22. The number of hydrogen-bond donors (Lipinski definition) is 1. The van der Waals surface area contributed by atoms with Crippen molar-refractivity contribution in [3.8, 4) is 11.5 Å². The molecule has 0 saturated carbocycles. The lowest BCUT2D eigenvalue weighted by molar-refractivity contribution is 0.132. The quantitative estimate of drug-likeness (QED) is 0.625. The fourth-order valence-electron chi connectivity index (χ4n) is 1.64. The molecule has 0 heterocycles. The molecule has 0 fully saturated rings. The zero-order valence-electron chi connectivity index (χ0n) is 12.0. The second-order valence-corrected chi connectivity index (χ2v) is 4.22. The molecule has 0 unspecified atom stereocenters. The molecule has 1 aromatic carbocycles. The summed E-state index contributed by atoms with van der Waals surface area (Å²) in [5.41, 5.74) is 0. The van der Waals surface area contributed by atoms with Crippen LogP contribution in [0.15, 0.2) is 24.3 Å². The minimum Gasteiger partial charge on any atom is -0.493 e. The molecular formula is C15H25NO3. The van der Waals surface area contributed by atoms with Crippen molar-refractivity contribution >= 4 is 0 Å². The Bertz CT molecular complexity index is 331. The molecule has 4 heteroatoms. The lowest BCUT2D eigenvalue weighted by Gasteiger charge is -2.10. The molecule has 0 saturated heterocycles. The summed E-state index contributed by atoms with van der Waals surface area (Å²) < 4.78 is 16.3. The van der Waals surface area contributed by atoms with Crippen LogP contribution < -0.4 is 14.8 Å². The van der Waals surface area contributed by atoms with Crippen LogP contribution in [0.1, 0.15) is 19.8 Å². The molecule has 19 heavy (non-hydrogen) atoms. The third kappa shape index (κ3) is 7.03. The molecule has 0 aliphatic rings. The summed E-state index contributed by atoms with van der Waals surface area (Å²) in [5, 5.41) is 3.32. The number of rotatable bonds is 11. The SMILES string of the molecule is CCCOCCCNCCOc1ccccc1OC. The molecule has 1 rings (SSSR count). The topological polar surface area (TPSA) is 39.7 Å². The van der Waals surface area contributed by atoms with Gasteiger partial charge in [-0.1, -0.05) is 19.1 Å². The lowest BCUT2D eigenvalue weighted by Crippen LogP contribution is -2.23. The fourth-order valence-corrected chi connectivity index (χ4v) is 1.64. The summed E-state index contributed by atoms with van der Waals surface area (Å²) in [5.74, 6) is 1.56. The average molecular weight is 267 g/mol. The van der Waals surface area contributed by atoms with Gasteiger partial charge >= 0.3 is 0 Å². The monoisotopic (exact) mass is 267 g/mol. The Labute approximate surface area is 116 Å². The maximum atomic E-state index is 5.65. The van der Waals surface area contributed by atoms with E-state index in [2.05, 4.69) is 12.2 Å². The number of hydrogen-bond acceptors (Lipinski definition) is 4. The normalized spacial score (nSPS) is 10.4. The summed E-state index contributed by atoms with van der Waals surface area (Å²) >= 11 is 0. The van der Waals surface area contributed by atoms with E-state index in [0.29, 0.717) is 6.61 Å². The first-order valence-electron chi connectivity index (χ1n) is 6.92. The molecule has 108 valence electrons. The molecular weight excluding hydrogens is 242 g/mol. The number of methoxy groups -OCH3 is 1. The molecule has 1 aromatic rings. The summed E-state index contributed by atoms with van der Waals surface area (Å²) in [4.78, 5) is 0. The Balaban J connectivity index is 2.01. The largest absolute Gasteiger partial charge is 0.493 e. The van der Waals surface area contributed by atoms with Gasteiger partial charge in [-0.15, -0.1) is 0 Å². The van der Waals surface area contributed by atoms with Crippen LogP contribution in [0.3, 0.4) is 0 Å². The standard InChI is InChI=1S/C15H25NO3/c1-3-11-18-12-6-9-16-10-13-19-15-8-5-4-7-14(15)17-2/h4-5,7-8,16H,3,6,9-13H2,1-2H3. The van der Waals surface area contributed by atoms with Crippen LogP contribution in [0.5, 0.6) is 11.5 Å². The van der Waals surface area contributed by atoms with Crippen molar-refractivity contribution in [3.63, 3.8) is 0 Å². The number of nitrogens with one attached hydrogen (secondary N) is 1.